The lowest BCUT2D eigenvalue weighted by atomic mass is 10.1. The van der Waals surface area contributed by atoms with Gasteiger partial charge in [0.1, 0.15) is 45.2 Å². The molecule has 4 heterocycles. The molecule has 1 aliphatic rings. The van der Waals surface area contributed by atoms with Gasteiger partial charge in [-0.15, -0.1) is 0 Å². The molecule has 0 aliphatic carbocycles. The minimum Gasteiger partial charge on any atom is -0.465 e. The first-order chi connectivity index (χ1) is 17.9. The summed E-state index contributed by atoms with van der Waals surface area (Å²) in [7, 11) is 0. The topological polar surface area (TPSA) is 110 Å². The first kappa shape index (κ1) is 24.5. The molecule has 0 saturated carbocycles. The number of carboxylic acid groups (broad SMARTS) is 1. The van der Waals surface area contributed by atoms with Crippen molar-refractivity contribution in [2.75, 3.05) is 42.5 Å². The molecule has 3 aromatic heterocycles. The number of amides is 1. The Morgan fingerprint density at radius 2 is 1.89 bits per heavy atom. The standard InChI is InChI=1S/C26H25FN6O3S/c1-3-18-24(23-19(36-18)9-10-21(29-23)31-11-13-32(14-12-31)26(34)35)33(4-2)25-30-22(20(15-28)37-25)16-5-7-17(27)8-6-16/h5-10H,3-4,11-14H2,1-2H3,(H,34,35). The number of carbonyl (C=O) groups is 1. The van der Waals surface area contributed by atoms with E-state index in [1.54, 1.807) is 12.1 Å². The SMILES string of the molecule is CCc1oc2ccc(N3CCN(C(=O)O)CC3)nc2c1N(CC)c1nc(-c2ccc(F)cc2)c(C#N)s1. The molecule has 4 aromatic rings. The van der Waals surface area contributed by atoms with E-state index in [0.29, 0.717) is 71.5 Å². The molecule has 1 aliphatic heterocycles. The Kier molecular flexibility index (Phi) is 6.67. The highest BCUT2D eigenvalue weighted by Gasteiger charge is 2.27. The lowest BCUT2D eigenvalue weighted by molar-refractivity contribution is 0.142. The highest BCUT2D eigenvalue weighted by atomic mass is 32.1. The Morgan fingerprint density at radius 1 is 1.16 bits per heavy atom. The van der Waals surface area contributed by atoms with E-state index in [-0.39, 0.29) is 5.82 Å². The number of benzene rings is 1. The van der Waals surface area contributed by atoms with Gasteiger partial charge in [0.2, 0.25) is 0 Å². The number of hydrogen-bond donors (Lipinski definition) is 1. The Hall–Kier alpha value is -4.17. The van der Waals surface area contributed by atoms with Gasteiger partial charge in [-0.25, -0.2) is 19.2 Å². The molecule has 11 heteroatoms. The zero-order valence-electron chi connectivity index (χ0n) is 20.4. The number of furan rings is 1. The molecule has 37 heavy (non-hydrogen) atoms. The average Bonchev–Trinajstić information content (AvgIpc) is 3.51. The molecule has 1 fully saturated rings. The van der Waals surface area contributed by atoms with Gasteiger partial charge in [0.25, 0.3) is 0 Å². The number of hydrogen-bond acceptors (Lipinski definition) is 8. The molecule has 0 unspecified atom stereocenters. The Balaban J connectivity index is 1.55. The summed E-state index contributed by atoms with van der Waals surface area (Å²) in [6, 6.07) is 12.0. The zero-order valence-corrected chi connectivity index (χ0v) is 21.3. The van der Waals surface area contributed by atoms with Crippen molar-refractivity contribution in [3.8, 4) is 17.3 Å². The van der Waals surface area contributed by atoms with Gasteiger partial charge < -0.3 is 24.2 Å². The van der Waals surface area contributed by atoms with Crippen LogP contribution in [0.5, 0.6) is 0 Å². The van der Waals surface area contributed by atoms with Crippen molar-refractivity contribution in [3.05, 3.63) is 52.9 Å². The number of fused-ring (bicyclic) bond motifs is 1. The molecule has 0 atom stereocenters. The normalized spacial score (nSPS) is 13.7. The van der Waals surface area contributed by atoms with Gasteiger partial charge in [-0.05, 0) is 43.3 Å². The van der Waals surface area contributed by atoms with Crippen molar-refractivity contribution in [1.82, 2.24) is 14.9 Å². The largest absolute Gasteiger partial charge is 0.465 e. The van der Waals surface area contributed by atoms with Crippen LogP contribution < -0.4 is 9.80 Å². The van der Waals surface area contributed by atoms with E-state index < -0.39 is 6.09 Å². The minimum atomic E-state index is -0.911. The van der Waals surface area contributed by atoms with E-state index in [0.717, 1.165) is 17.3 Å². The Morgan fingerprint density at radius 3 is 2.51 bits per heavy atom. The number of aryl methyl sites for hydroxylation is 1. The summed E-state index contributed by atoms with van der Waals surface area (Å²) >= 11 is 1.27. The van der Waals surface area contributed by atoms with Crippen LogP contribution in [0.25, 0.3) is 22.4 Å². The first-order valence-corrected chi connectivity index (χ1v) is 12.8. The van der Waals surface area contributed by atoms with E-state index in [1.807, 2.05) is 30.9 Å². The molecule has 1 N–H and O–H groups in total. The van der Waals surface area contributed by atoms with Crippen molar-refractivity contribution >= 4 is 45.2 Å². The van der Waals surface area contributed by atoms with Gasteiger partial charge in [0, 0.05) is 44.7 Å². The molecular weight excluding hydrogens is 495 g/mol. The summed E-state index contributed by atoms with van der Waals surface area (Å²) in [5.41, 5.74) is 3.32. The van der Waals surface area contributed by atoms with E-state index in [1.165, 1.54) is 28.4 Å². The molecule has 1 saturated heterocycles. The minimum absolute atomic E-state index is 0.350. The van der Waals surface area contributed by atoms with Crippen molar-refractivity contribution in [2.24, 2.45) is 0 Å². The monoisotopic (exact) mass is 520 g/mol. The fourth-order valence-electron chi connectivity index (χ4n) is 4.51. The summed E-state index contributed by atoms with van der Waals surface area (Å²) in [6.07, 6.45) is -0.276. The summed E-state index contributed by atoms with van der Waals surface area (Å²) in [5, 5.41) is 19.7. The third-order valence-corrected chi connectivity index (χ3v) is 7.40. The van der Waals surface area contributed by atoms with E-state index in [9.17, 15) is 19.6 Å². The van der Waals surface area contributed by atoms with Crippen LogP contribution in [0.3, 0.4) is 0 Å². The van der Waals surface area contributed by atoms with Gasteiger partial charge in [0.05, 0.1) is 0 Å². The predicted octanol–water partition coefficient (Wildman–Crippen LogP) is 5.48. The molecule has 1 aromatic carbocycles. The van der Waals surface area contributed by atoms with Crippen molar-refractivity contribution in [3.63, 3.8) is 0 Å². The summed E-state index contributed by atoms with van der Waals surface area (Å²) in [5.74, 6) is 1.16. The second kappa shape index (κ2) is 10.1. The van der Waals surface area contributed by atoms with Crippen molar-refractivity contribution in [1.29, 1.82) is 5.26 Å². The summed E-state index contributed by atoms with van der Waals surface area (Å²) in [6.45, 7) is 6.50. The summed E-state index contributed by atoms with van der Waals surface area (Å²) in [4.78, 5) is 26.9. The smallest absolute Gasteiger partial charge is 0.407 e. The van der Waals surface area contributed by atoms with Gasteiger partial charge in [-0.2, -0.15) is 5.26 Å². The molecule has 1 amide bonds. The van der Waals surface area contributed by atoms with Crippen LogP contribution in [0.4, 0.5) is 25.8 Å². The highest BCUT2D eigenvalue weighted by molar-refractivity contribution is 7.16. The number of nitriles is 1. The molecule has 190 valence electrons. The van der Waals surface area contributed by atoms with Crippen LogP contribution in [0.15, 0.2) is 40.8 Å². The first-order valence-electron chi connectivity index (χ1n) is 12.0. The van der Waals surface area contributed by atoms with Crippen LogP contribution in [0.1, 0.15) is 24.5 Å². The van der Waals surface area contributed by atoms with Crippen molar-refractivity contribution < 1.29 is 18.7 Å². The lowest BCUT2D eigenvalue weighted by Crippen LogP contribution is -2.48. The fraction of sp³-hybridized carbons (Fsp3) is 0.308. The highest BCUT2D eigenvalue weighted by Crippen LogP contribution is 2.41. The molecule has 0 bridgehead atoms. The lowest BCUT2D eigenvalue weighted by Gasteiger charge is -2.33. The number of aromatic nitrogens is 2. The maximum atomic E-state index is 13.5. The number of halogens is 1. The van der Waals surface area contributed by atoms with Crippen molar-refractivity contribution in [2.45, 2.75) is 20.3 Å². The maximum Gasteiger partial charge on any atom is 0.407 e. The zero-order chi connectivity index (χ0) is 26.1. The summed E-state index contributed by atoms with van der Waals surface area (Å²) < 4.78 is 19.6. The van der Waals surface area contributed by atoms with Gasteiger partial charge in [-0.3, -0.25) is 0 Å². The maximum absolute atomic E-state index is 13.5. The second-order valence-electron chi connectivity index (χ2n) is 8.54. The van der Waals surface area contributed by atoms with Gasteiger partial charge in [-0.1, -0.05) is 18.3 Å². The van der Waals surface area contributed by atoms with Crippen LogP contribution in [0.2, 0.25) is 0 Å². The number of anilines is 3. The number of pyridine rings is 1. The van der Waals surface area contributed by atoms with Crippen LogP contribution in [-0.4, -0.2) is 58.8 Å². The van der Waals surface area contributed by atoms with Gasteiger partial charge >= 0.3 is 6.09 Å². The van der Waals surface area contributed by atoms with E-state index in [4.69, 9.17) is 14.4 Å². The predicted molar refractivity (Wildman–Crippen MR) is 140 cm³/mol. The average molecular weight is 521 g/mol. The van der Waals surface area contributed by atoms with Crippen LogP contribution >= 0.6 is 11.3 Å². The third kappa shape index (κ3) is 4.56. The fourth-order valence-corrected chi connectivity index (χ4v) is 5.47. The molecular formula is C26H25FN6O3S. The van der Waals surface area contributed by atoms with Crippen LogP contribution in [-0.2, 0) is 6.42 Å². The molecule has 5 rings (SSSR count). The van der Waals surface area contributed by atoms with E-state index >= 15 is 0 Å². The number of rotatable bonds is 6. The number of thiazole rings is 1. The van der Waals surface area contributed by atoms with E-state index in [2.05, 4.69) is 11.0 Å². The Bertz CT molecular complexity index is 1480. The molecule has 0 radical (unpaired) electrons. The molecule has 0 spiro atoms. The van der Waals surface area contributed by atoms with Crippen LogP contribution in [0, 0.1) is 17.1 Å². The third-order valence-electron chi connectivity index (χ3n) is 6.41. The Labute approximate surface area is 217 Å². The number of piperazine rings is 1. The van der Waals surface area contributed by atoms with Gasteiger partial charge in [0.15, 0.2) is 10.7 Å². The quantitative estimate of drug-likeness (QED) is 0.356. The molecule has 9 nitrogen and oxygen atoms in total. The number of nitrogens with zero attached hydrogens (tertiary/aromatic N) is 6. The second-order valence-corrected chi connectivity index (χ2v) is 9.51.